The van der Waals surface area contributed by atoms with Crippen molar-refractivity contribution in [3.05, 3.63) is 0 Å². The van der Waals surface area contributed by atoms with Gasteiger partial charge in [-0.15, -0.1) is 0 Å². The smallest absolute Gasteiger partial charge is 0.339 e. The topological polar surface area (TPSA) is 71.0 Å². The van der Waals surface area contributed by atoms with Crippen molar-refractivity contribution in [2.75, 3.05) is 26.4 Å². The molecule has 1 aliphatic heterocycles. The zero-order valence-corrected chi connectivity index (χ0v) is 8.76. The molecule has 0 spiro atoms. The van der Waals surface area contributed by atoms with Crippen molar-refractivity contribution in [1.29, 1.82) is 0 Å². The van der Waals surface area contributed by atoms with Crippen LogP contribution in [0.5, 0.6) is 0 Å². The average molecular weight is 217 g/mol. The number of oxime groups is 1. The van der Waals surface area contributed by atoms with Crippen LogP contribution in [0.25, 0.3) is 0 Å². The molecule has 0 atom stereocenters. The summed E-state index contributed by atoms with van der Waals surface area (Å²) in [4.78, 5) is 28.0. The number of carbonyl (C=O) groups excluding carboxylic acids is 2. The van der Waals surface area contributed by atoms with E-state index in [1.807, 2.05) is 0 Å². The standard InChI is InChI=1S/C7H11N3O3S/c1-8-7(12)13-9-5-6(11)10(2)3-4-14-5/h3-4H2,1-2H3,(H,8,12)/b9-5-. The first-order chi connectivity index (χ1) is 6.65. The van der Waals surface area contributed by atoms with Gasteiger partial charge in [-0.25, -0.2) is 4.79 Å². The predicted octanol–water partition coefficient (Wildman–Crippen LogP) is -0.139. The van der Waals surface area contributed by atoms with Crippen LogP contribution >= 0.6 is 11.8 Å². The molecule has 1 heterocycles. The van der Waals surface area contributed by atoms with Crippen LogP contribution in [0.1, 0.15) is 0 Å². The Bertz CT molecular complexity index is 279. The summed E-state index contributed by atoms with van der Waals surface area (Å²) in [5, 5.41) is 5.90. The van der Waals surface area contributed by atoms with Crippen molar-refractivity contribution in [2.45, 2.75) is 0 Å². The molecule has 0 aromatic rings. The molecule has 78 valence electrons. The van der Waals surface area contributed by atoms with E-state index in [0.717, 1.165) is 5.75 Å². The monoisotopic (exact) mass is 217 g/mol. The highest BCUT2D eigenvalue weighted by Crippen LogP contribution is 2.13. The van der Waals surface area contributed by atoms with Crippen LogP contribution in [0.15, 0.2) is 5.16 Å². The lowest BCUT2D eigenvalue weighted by Crippen LogP contribution is -2.38. The largest absolute Gasteiger partial charge is 0.433 e. The third kappa shape index (κ3) is 2.63. The molecule has 0 bridgehead atoms. The number of hydrogen-bond acceptors (Lipinski definition) is 5. The minimum Gasteiger partial charge on any atom is -0.339 e. The number of hydrogen-bond donors (Lipinski definition) is 1. The van der Waals surface area contributed by atoms with Gasteiger partial charge in [-0.1, -0.05) is 16.9 Å². The molecular weight excluding hydrogens is 206 g/mol. The molecule has 2 amide bonds. The molecule has 1 fully saturated rings. The predicted molar refractivity (Wildman–Crippen MR) is 53.1 cm³/mol. The second-order valence-corrected chi connectivity index (χ2v) is 3.68. The van der Waals surface area contributed by atoms with Gasteiger partial charge in [0.25, 0.3) is 5.91 Å². The summed E-state index contributed by atoms with van der Waals surface area (Å²) in [6, 6.07) is 0. The summed E-state index contributed by atoms with van der Waals surface area (Å²) in [6.07, 6.45) is -0.681. The highest BCUT2D eigenvalue weighted by molar-refractivity contribution is 8.15. The zero-order valence-electron chi connectivity index (χ0n) is 7.94. The second kappa shape index (κ2) is 4.85. The van der Waals surface area contributed by atoms with Crippen LogP contribution in [-0.4, -0.2) is 48.3 Å². The van der Waals surface area contributed by atoms with Crippen LogP contribution in [0.4, 0.5) is 4.79 Å². The van der Waals surface area contributed by atoms with Gasteiger partial charge >= 0.3 is 6.09 Å². The molecule has 1 aliphatic rings. The Morgan fingerprint density at radius 2 is 2.43 bits per heavy atom. The molecule has 6 nitrogen and oxygen atoms in total. The molecule has 1 N–H and O–H groups in total. The first kappa shape index (κ1) is 10.8. The highest BCUT2D eigenvalue weighted by Gasteiger charge is 2.23. The maximum atomic E-state index is 11.4. The lowest BCUT2D eigenvalue weighted by molar-refractivity contribution is -0.122. The Morgan fingerprint density at radius 1 is 1.71 bits per heavy atom. The Balaban J connectivity index is 2.57. The Hall–Kier alpha value is -1.24. The first-order valence-electron chi connectivity index (χ1n) is 4.00. The van der Waals surface area contributed by atoms with E-state index in [0.29, 0.717) is 6.54 Å². The van der Waals surface area contributed by atoms with E-state index < -0.39 is 6.09 Å². The molecule has 1 rings (SSSR count). The molecule has 0 aliphatic carbocycles. The normalized spacial score (nSPS) is 19.7. The van der Waals surface area contributed by atoms with Gasteiger partial charge in [-0.3, -0.25) is 9.63 Å². The van der Waals surface area contributed by atoms with E-state index in [1.54, 1.807) is 7.05 Å². The van der Waals surface area contributed by atoms with Gasteiger partial charge in [0.1, 0.15) is 0 Å². The van der Waals surface area contributed by atoms with E-state index in [-0.39, 0.29) is 11.0 Å². The minimum absolute atomic E-state index is 0.211. The van der Waals surface area contributed by atoms with Gasteiger partial charge in [-0.2, -0.15) is 0 Å². The fourth-order valence-corrected chi connectivity index (χ4v) is 1.73. The molecule has 7 heteroatoms. The van der Waals surface area contributed by atoms with Gasteiger partial charge < -0.3 is 10.2 Å². The molecule has 0 unspecified atom stereocenters. The van der Waals surface area contributed by atoms with Crippen molar-refractivity contribution in [1.82, 2.24) is 10.2 Å². The van der Waals surface area contributed by atoms with Crippen molar-refractivity contribution in [3.63, 3.8) is 0 Å². The summed E-state index contributed by atoms with van der Waals surface area (Å²) >= 11 is 1.28. The third-order valence-electron chi connectivity index (χ3n) is 1.61. The van der Waals surface area contributed by atoms with E-state index in [2.05, 4.69) is 15.3 Å². The van der Waals surface area contributed by atoms with E-state index in [1.165, 1.54) is 23.7 Å². The summed E-state index contributed by atoms with van der Waals surface area (Å²) in [5.74, 6) is 0.545. The number of nitrogens with zero attached hydrogens (tertiary/aromatic N) is 2. The SMILES string of the molecule is CNC(=O)O/N=C1\SCCN(C)C1=O. The summed E-state index contributed by atoms with van der Waals surface area (Å²) in [5.41, 5.74) is 0. The van der Waals surface area contributed by atoms with Gasteiger partial charge in [0, 0.05) is 26.4 Å². The third-order valence-corrected chi connectivity index (χ3v) is 2.52. The average Bonchev–Trinajstić information content (AvgIpc) is 2.20. The van der Waals surface area contributed by atoms with Crippen molar-refractivity contribution in [3.8, 4) is 0 Å². The van der Waals surface area contributed by atoms with Crippen LogP contribution < -0.4 is 5.32 Å². The lowest BCUT2D eigenvalue weighted by atomic mass is 10.5. The number of rotatable bonds is 1. The number of nitrogens with one attached hydrogen (secondary N) is 1. The molecule has 0 aromatic carbocycles. The molecule has 0 saturated carbocycles. The summed E-state index contributed by atoms with van der Waals surface area (Å²) in [6.45, 7) is 0.683. The molecule has 0 aromatic heterocycles. The van der Waals surface area contributed by atoms with Crippen LogP contribution in [0, 0.1) is 0 Å². The lowest BCUT2D eigenvalue weighted by Gasteiger charge is -2.21. The highest BCUT2D eigenvalue weighted by atomic mass is 32.2. The van der Waals surface area contributed by atoms with Crippen LogP contribution in [0.2, 0.25) is 0 Å². The van der Waals surface area contributed by atoms with E-state index in [9.17, 15) is 9.59 Å². The number of amides is 2. The zero-order chi connectivity index (χ0) is 10.6. The fourth-order valence-electron chi connectivity index (χ4n) is 0.800. The molecule has 1 saturated heterocycles. The molecular formula is C7H11N3O3S. The van der Waals surface area contributed by atoms with Crippen molar-refractivity contribution in [2.24, 2.45) is 5.16 Å². The summed E-state index contributed by atoms with van der Waals surface area (Å²) in [7, 11) is 3.10. The van der Waals surface area contributed by atoms with Crippen LogP contribution in [-0.2, 0) is 9.63 Å². The van der Waals surface area contributed by atoms with Crippen molar-refractivity contribution < 1.29 is 14.4 Å². The van der Waals surface area contributed by atoms with E-state index in [4.69, 9.17) is 0 Å². The van der Waals surface area contributed by atoms with E-state index >= 15 is 0 Å². The summed E-state index contributed by atoms with van der Waals surface area (Å²) < 4.78 is 0. The first-order valence-corrected chi connectivity index (χ1v) is 4.98. The van der Waals surface area contributed by atoms with Crippen molar-refractivity contribution >= 4 is 28.8 Å². The maximum Gasteiger partial charge on any atom is 0.433 e. The van der Waals surface area contributed by atoms with Gasteiger partial charge in [0.05, 0.1) is 0 Å². The van der Waals surface area contributed by atoms with Gasteiger partial charge in [0.2, 0.25) is 5.04 Å². The number of thioether (sulfide) groups is 1. The fraction of sp³-hybridized carbons (Fsp3) is 0.571. The minimum atomic E-state index is -0.681. The number of carbonyl (C=O) groups is 2. The quantitative estimate of drug-likeness (QED) is 0.490. The molecule has 0 radical (unpaired) electrons. The Labute approximate surface area is 85.6 Å². The van der Waals surface area contributed by atoms with Gasteiger partial charge in [-0.05, 0) is 0 Å². The second-order valence-electron chi connectivity index (χ2n) is 2.60. The van der Waals surface area contributed by atoms with Crippen LogP contribution in [0.3, 0.4) is 0 Å². The molecule has 14 heavy (non-hydrogen) atoms. The maximum absolute atomic E-state index is 11.4. The van der Waals surface area contributed by atoms with Gasteiger partial charge in [0.15, 0.2) is 0 Å². The Kier molecular flexibility index (Phi) is 3.75. The Morgan fingerprint density at radius 3 is 3.07 bits per heavy atom.